The van der Waals surface area contributed by atoms with Crippen LogP contribution in [0.25, 0.3) is 0 Å². The second kappa shape index (κ2) is 5.87. The highest BCUT2D eigenvalue weighted by molar-refractivity contribution is 5.47. The summed E-state index contributed by atoms with van der Waals surface area (Å²) in [6.45, 7) is 5.62. The number of anilines is 2. The van der Waals surface area contributed by atoms with E-state index in [1.807, 2.05) is 13.8 Å². The SMILES string of the molecule is CC(C)CC(C)(O)CNc1cc(C(F)(F)F)cc(N)n1. The Balaban J connectivity index is 2.81. The highest BCUT2D eigenvalue weighted by atomic mass is 19.4. The number of rotatable bonds is 5. The third kappa shape index (κ3) is 5.24. The molecule has 0 saturated heterocycles. The number of nitrogen functional groups attached to an aromatic ring is 1. The number of aliphatic hydroxyl groups is 1. The first-order valence-electron chi connectivity index (χ1n) is 6.30. The first-order chi connectivity index (χ1) is 8.99. The smallest absolute Gasteiger partial charge is 0.388 e. The van der Waals surface area contributed by atoms with Gasteiger partial charge in [-0.2, -0.15) is 13.2 Å². The fourth-order valence-corrected chi connectivity index (χ4v) is 2.04. The van der Waals surface area contributed by atoms with Gasteiger partial charge >= 0.3 is 6.18 Å². The molecule has 0 fully saturated rings. The van der Waals surface area contributed by atoms with E-state index in [4.69, 9.17) is 5.73 Å². The van der Waals surface area contributed by atoms with Crippen LogP contribution >= 0.6 is 0 Å². The van der Waals surface area contributed by atoms with Crippen LogP contribution < -0.4 is 11.1 Å². The summed E-state index contributed by atoms with van der Waals surface area (Å²) >= 11 is 0. The Kier molecular flexibility index (Phi) is 4.86. The summed E-state index contributed by atoms with van der Waals surface area (Å²) in [5, 5.41) is 12.8. The predicted octanol–water partition coefficient (Wildman–Crippen LogP) is 2.89. The first kappa shape index (κ1) is 16.6. The van der Waals surface area contributed by atoms with Crippen LogP contribution in [0.15, 0.2) is 12.1 Å². The minimum absolute atomic E-state index is 0.00126. The Morgan fingerprint density at radius 3 is 2.45 bits per heavy atom. The normalized spacial score (nSPS) is 15.2. The van der Waals surface area contributed by atoms with Gasteiger partial charge in [0, 0.05) is 6.54 Å². The van der Waals surface area contributed by atoms with E-state index in [-0.39, 0.29) is 24.1 Å². The second-order valence-electron chi connectivity index (χ2n) is 5.61. The number of nitrogens with two attached hydrogens (primary N) is 1. The molecule has 0 amide bonds. The first-order valence-corrected chi connectivity index (χ1v) is 6.30. The van der Waals surface area contributed by atoms with E-state index < -0.39 is 17.3 Å². The zero-order valence-corrected chi connectivity index (χ0v) is 11.8. The molecule has 4 N–H and O–H groups in total. The van der Waals surface area contributed by atoms with Gasteiger partial charge in [0.05, 0.1) is 11.2 Å². The van der Waals surface area contributed by atoms with Crippen LogP contribution in [0, 0.1) is 5.92 Å². The molecule has 114 valence electrons. The molecule has 0 aliphatic heterocycles. The molecule has 0 bridgehead atoms. The van der Waals surface area contributed by atoms with Crippen LogP contribution in [0.1, 0.15) is 32.8 Å². The molecule has 0 spiro atoms. The molecule has 0 saturated carbocycles. The number of pyridine rings is 1. The molecule has 1 heterocycles. The summed E-state index contributed by atoms with van der Waals surface area (Å²) in [6.07, 6.45) is -3.96. The van der Waals surface area contributed by atoms with E-state index in [2.05, 4.69) is 10.3 Å². The number of hydrogen-bond acceptors (Lipinski definition) is 4. The Morgan fingerprint density at radius 2 is 1.95 bits per heavy atom. The van der Waals surface area contributed by atoms with Gasteiger partial charge in [0.1, 0.15) is 11.6 Å². The van der Waals surface area contributed by atoms with Gasteiger partial charge in [0.25, 0.3) is 0 Å². The van der Waals surface area contributed by atoms with Crippen molar-refractivity contribution in [3.05, 3.63) is 17.7 Å². The molecule has 1 unspecified atom stereocenters. The van der Waals surface area contributed by atoms with Crippen LogP contribution in [0.4, 0.5) is 24.8 Å². The fraction of sp³-hybridized carbons (Fsp3) is 0.615. The molecule has 1 aromatic heterocycles. The summed E-state index contributed by atoms with van der Waals surface area (Å²) in [7, 11) is 0. The number of aromatic nitrogens is 1. The topological polar surface area (TPSA) is 71.2 Å². The van der Waals surface area contributed by atoms with Crippen molar-refractivity contribution in [1.82, 2.24) is 4.98 Å². The van der Waals surface area contributed by atoms with E-state index in [0.717, 1.165) is 12.1 Å². The van der Waals surface area contributed by atoms with E-state index in [9.17, 15) is 18.3 Å². The van der Waals surface area contributed by atoms with Crippen molar-refractivity contribution in [3.63, 3.8) is 0 Å². The lowest BCUT2D eigenvalue weighted by Gasteiger charge is -2.26. The Bertz CT molecular complexity index is 459. The minimum Gasteiger partial charge on any atom is -0.388 e. The van der Waals surface area contributed by atoms with Crippen molar-refractivity contribution < 1.29 is 18.3 Å². The van der Waals surface area contributed by atoms with Crippen molar-refractivity contribution in [1.29, 1.82) is 0 Å². The zero-order chi connectivity index (χ0) is 15.6. The maximum Gasteiger partial charge on any atom is 0.416 e. The summed E-state index contributed by atoms with van der Waals surface area (Å²) in [5.74, 6) is 0.0542. The van der Waals surface area contributed by atoms with Crippen LogP contribution in [0.3, 0.4) is 0 Å². The van der Waals surface area contributed by atoms with Gasteiger partial charge in [0.2, 0.25) is 0 Å². The average Bonchev–Trinajstić information content (AvgIpc) is 2.23. The maximum atomic E-state index is 12.6. The van der Waals surface area contributed by atoms with E-state index in [0.29, 0.717) is 6.42 Å². The third-order valence-electron chi connectivity index (χ3n) is 2.67. The zero-order valence-electron chi connectivity index (χ0n) is 11.8. The maximum absolute atomic E-state index is 12.6. The lowest BCUT2D eigenvalue weighted by Crippen LogP contribution is -2.35. The highest BCUT2D eigenvalue weighted by Gasteiger charge is 2.31. The van der Waals surface area contributed by atoms with Crippen LogP contribution in [0.5, 0.6) is 0 Å². The Labute approximate surface area is 116 Å². The summed E-state index contributed by atoms with van der Waals surface area (Å²) in [5.41, 5.74) is 3.47. The molecular weight excluding hydrogens is 271 g/mol. The summed E-state index contributed by atoms with van der Waals surface area (Å²) < 4.78 is 37.9. The Hall–Kier alpha value is -1.50. The van der Waals surface area contributed by atoms with Gasteiger partial charge in [-0.1, -0.05) is 13.8 Å². The Morgan fingerprint density at radius 1 is 1.35 bits per heavy atom. The molecule has 1 rings (SSSR count). The second-order valence-corrected chi connectivity index (χ2v) is 5.61. The average molecular weight is 291 g/mol. The van der Waals surface area contributed by atoms with Crippen molar-refractivity contribution >= 4 is 11.6 Å². The van der Waals surface area contributed by atoms with Crippen LogP contribution in [-0.2, 0) is 6.18 Å². The quantitative estimate of drug-likeness (QED) is 0.780. The van der Waals surface area contributed by atoms with Crippen molar-refractivity contribution in [3.8, 4) is 0 Å². The highest BCUT2D eigenvalue weighted by Crippen LogP contribution is 2.31. The molecular formula is C13H20F3N3O. The number of nitrogens with one attached hydrogen (secondary N) is 1. The molecule has 0 aliphatic carbocycles. The van der Waals surface area contributed by atoms with Crippen molar-refractivity contribution in [2.75, 3.05) is 17.6 Å². The molecule has 0 radical (unpaired) electrons. The molecule has 0 aromatic carbocycles. The molecule has 1 atom stereocenters. The van der Waals surface area contributed by atoms with Gasteiger partial charge in [-0.05, 0) is 31.4 Å². The third-order valence-corrected chi connectivity index (χ3v) is 2.67. The van der Waals surface area contributed by atoms with E-state index >= 15 is 0 Å². The van der Waals surface area contributed by atoms with Gasteiger partial charge < -0.3 is 16.2 Å². The van der Waals surface area contributed by atoms with Crippen LogP contribution in [-0.4, -0.2) is 22.2 Å². The minimum atomic E-state index is -4.48. The standard InChI is InChI=1S/C13H20F3N3O/c1-8(2)6-12(3,20)7-18-11-5-9(13(14,15)16)4-10(17)19-11/h4-5,8,20H,6-7H2,1-3H3,(H3,17,18,19). The number of nitrogens with zero attached hydrogens (tertiary/aromatic N) is 1. The number of halogens is 3. The number of hydrogen-bond donors (Lipinski definition) is 3. The molecule has 20 heavy (non-hydrogen) atoms. The molecule has 0 aliphatic rings. The van der Waals surface area contributed by atoms with Gasteiger partial charge in [0.15, 0.2) is 0 Å². The number of alkyl halides is 3. The lowest BCUT2D eigenvalue weighted by molar-refractivity contribution is -0.137. The predicted molar refractivity (Wildman–Crippen MR) is 72.2 cm³/mol. The summed E-state index contributed by atoms with van der Waals surface area (Å²) in [6, 6.07) is 1.65. The van der Waals surface area contributed by atoms with Crippen LogP contribution in [0.2, 0.25) is 0 Å². The van der Waals surface area contributed by atoms with E-state index in [1.165, 1.54) is 0 Å². The van der Waals surface area contributed by atoms with Gasteiger partial charge in [-0.3, -0.25) is 0 Å². The van der Waals surface area contributed by atoms with E-state index in [1.54, 1.807) is 6.92 Å². The molecule has 1 aromatic rings. The summed E-state index contributed by atoms with van der Waals surface area (Å²) in [4.78, 5) is 3.79. The molecule has 7 heteroatoms. The largest absolute Gasteiger partial charge is 0.416 e. The monoisotopic (exact) mass is 291 g/mol. The molecule has 4 nitrogen and oxygen atoms in total. The lowest BCUT2D eigenvalue weighted by atomic mass is 9.94. The fourth-order valence-electron chi connectivity index (χ4n) is 2.04. The van der Waals surface area contributed by atoms with Gasteiger partial charge in [-0.15, -0.1) is 0 Å². The van der Waals surface area contributed by atoms with Gasteiger partial charge in [-0.25, -0.2) is 4.98 Å². The van der Waals surface area contributed by atoms with Crippen molar-refractivity contribution in [2.24, 2.45) is 5.92 Å². The van der Waals surface area contributed by atoms with Crippen molar-refractivity contribution in [2.45, 2.75) is 39.0 Å².